The van der Waals surface area contributed by atoms with Crippen molar-refractivity contribution in [1.82, 2.24) is 19.8 Å². The maximum atomic E-state index is 13.0. The first-order valence-electron chi connectivity index (χ1n) is 24.7. The van der Waals surface area contributed by atoms with E-state index in [0.29, 0.717) is 37.7 Å². The van der Waals surface area contributed by atoms with Gasteiger partial charge in [-0.15, -0.1) is 0 Å². The van der Waals surface area contributed by atoms with E-state index in [-0.39, 0.29) is 0 Å². The van der Waals surface area contributed by atoms with Gasteiger partial charge in [0, 0.05) is 46.8 Å². The summed E-state index contributed by atoms with van der Waals surface area (Å²) >= 11 is 0. The Morgan fingerprint density at radius 3 is 1.12 bits per heavy atom. The number of methoxy groups -OCH3 is 2. The van der Waals surface area contributed by atoms with Crippen LogP contribution < -0.4 is 9.47 Å². The molecule has 0 aliphatic heterocycles. The smallest absolute Gasteiger partial charge is 0.217 e. The Morgan fingerprint density at radius 1 is 0.417 bits per heavy atom. The molecule has 4 atom stereocenters. The van der Waals surface area contributed by atoms with E-state index >= 15 is 0 Å². The number of rotatable bonds is 16. The van der Waals surface area contributed by atoms with E-state index in [1.165, 1.54) is 0 Å². The summed E-state index contributed by atoms with van der Waals surface area (Å²) in [7, 11) is 11.5. The molecular formula is C64H64N4O4. The summed E-state index contributed by atoms with van der Waals surface area (Å²) in [5, 5.41) is 32.3. The topological polar surface area (TPSA) is 91.2 Å². The second-order valence-corrected chi connectivity index (χ2v) is 19.3. The number of para-hydroxylation sites is 2. The minimum absolute atomic E-state index is 0.406. The third-order valence-electron chi connectivity index (χ3n) is 14.1. The Hall–Kier alpha value is -7.46. The highest BCUT2D eigenvalue weighted by molar-refractivity contribution is 5.88. The highest BCUT2D eigenvalue weighted by Crippen LogP contribution is 2.51. The molecule has 2 heterocycles. The Bertz CT molecular complexity index is 3180. The van der Waals surface area contributed by atoms with E-state index in [2.05, 4.69) is 107 Å². The highest BCUT2D eigenvalue weighted by atomic mass is 16.5. The summed E-state index contributed by atoms with van der Waals surface area (Å²) in [4.78, 5) is 14.0. The fraction of sp³-hybridized carbons (Fsp3) is 0.219. The summed E-state index contributed by atoms with van der Waals surface area (Å²) in [5.41, 5.74) is 4.86. The molecule has 0 saturated carbocycles. The normalized spacial score (nSPS) is 14.1. The SMILES string of the molecule is COc1nc2ccccc2cc1[C@@H](c1ccccc1)C(O)(CCN(C)C)c1cccc2ccccc12.COc1nc2ccccc2cc1[C@H](c1ccccc1)C(O)(CCN(C)C)c1cccc2ccccc12. The van der Waals surface area contributed by atoms with E-state index in [1.807, 2.05) is 137 Å². The molecule has 2 aromatic heterocycles. The molecule has 2 N–H and O–H groups in total. The molecule has 0 bridgehead atoms. The van der Waals surface area contributed by atoms with Crippen molar-refractivity contribution in [3.8, 4) is 11.8 Å². The lowest BCUT2D eigenvalue weighted by atomic mass is 9.70. The van der Waals surface area contributed by atoms with Crippen molar-refractivity contribution in [2.45, 2.75) is 35.9 Å². The van der Waals surface area contributed by atoms with Crippen LogP contribution in [0.3, 0.4) is 0 Å². The third kappa shape index (κ3) is 10.2. The molecule has 10 rings (SSSR count). The van der Waals surface area contributed by atoms with Gasteiger partial charge >= 0.3 is 0 Å². The Balaban J connectivity index is 0.000000178. The van der Waals surface area contributed by atoms with Crippen LogP contribution in [-0.2, 0) is 11.2 Å². The van der Waals surface area contributed by atoms with Crippen LogP contribution in [0.2, 0.25) is 0 Å². The molecule has 0 aliphatic carbocycles. The van der Waals surface area contributed by atoms with Crippen molar-refractivity contribution < 1.29 is 19.7 Å². The largest absolute Gasteiger partial charge is 0.481 e. The molecule has 8 heteroatoms. The molecule has 0 fully saturated rings. The van der Waals surface area contributed by atoms with Gasteiger partial charge in [-0.05, 0) is 109 Å². The molecule has 0 saturated heterocycles. The summed E-state index contributed by atoms with van der Waals surface area (Å²) in [5.74, 6) is 0.255. The summed E-state index contributed by atoms with van der Waals surface area (Å²) < 4.78 is 11.7. The first-order valence-corrected chi connectivity index (χ1v) is 24.7. The second kappa shape index (κ2) is 21.9. The molecule has 0 radical (unpaired) electrons. The van der Waals surface area contributed by atoms with Gasteiger partial charge in [-0.25, -0.2) is 9.97 Å². The van der Waals surface area contributed by atoms with Crippen molar-refractivity contribution in [2.75, 3.05) is 55.5 Å². The average Bonchev–Trinajstić information content (AvgIpc) is 3.42. The maximum Gasteiger partial charge on any atom is 0.217 e. The van der Waals surface area contributed by atoms with Crippen molar-refractivity contribution in [1.29, 1.82) is 0 Å². The molecule has 10 aromatic rings. The Morgan fingerprint density at radius 2 is 0.750 bits per heavy atom. The van der Waals surface area contributed by atoms with Gasteiger partial charge in [0.05, 0.1) is 25.3 Å². The van der Waals surface area contributed by atoms with Gasteiger partial charge in [-0.1, -0.05) is 182 Å². The quantitative estimate of drug-likeness (QED) is 0.0990. The standard InChI is InChI=1S/2C32H32N2O2/c2*1-34(2)21-20-32(35,28-18-11-16-23-12-7-9-17-26(23)28)30(24-13-5-4-6-14-24)27-22-25-15-8-10-19-29(25)33-31(27)36-3/h2*4-19,22,30,35H,20-21H2,1-3H3/t2*30-,32?/m10/s1. The first kappa shape index (κ1) is 49.5. The van der Waals surface area contributed by atoms with E-state index in [0.717, 1.165) is 76.7 Å². The molecule has 364 valence electrons. The minimum atomic E-state index is -1.23. The zero-order valence-corrected chi connectivity index (χ0v) is 42.1. The number of ether oxygens (including phenoxy) is 2. The fourth-order valence-corrected chi connectivity index (χ4v) is 10.5. The van der Waals surface area contributed by atoms with Crippen LogP contribution in [0.5, 0.6) is 11.8 Å². The van der Waals surface area contributed by atoms with Crippen molar-refractivity contribution in [2.24, 2.45) is 0 Å². The number of fused-ring (bicyclic) bond motifs is 4. The molecule has 0 aliphatic rings. The summed E-state index contributed by atoms with van der Waals surface area (Å²) in [6.07, 6.45) is 1.06. The van der Waals surface area contributed by atoms with E-state index in [1.54, 1.807) is 14.2 Å². The second-order valence-electron chi connectivity index (χ2n) is 19.3. The predicted molar refractivity (Wildman–Crippen MR) is 295 cm³/mol. The molecule has 0 amide bonds. The van der Waals surface area contributed by atoms with Crippen LogP contribution in [0.15, 0.2) is 206 Å². The molecular weight excluding hydrogens is 889 g/mol. The van der Waals surface area contributed by atoms with E-state index in [4.69, 9.17) is 19.4 Å². The highest BCUT2D eigenvalue weighted by Gasteiger charge is 2.44. The van der Waals surface area contributed by atoms with Crippen LogP contribution in [0.25, 0.3) is 43.4 Å². The van der Waals surface area contributed by atoms with E-state index in [9.17, 15) is 10.2 Å². The zero-order chi connectivity index (χ0) is 50.2. The van der Waals surface area contributed by atoms with Crippen LogP contribution in [0.1, 0.15) is 58.1 Å². The Labute approximate surface area is 423 Å². The molecule has 8 aromatic carbocycles. The number of hydrogen-bond donors (Lipinski definition) is 2. The predicted octanol–water partition coefficient (Wildman–Crippen LogP) is 12.7. The molecule has 8 nitrogen and oxygen atoms in total. The van der Waals surface area contributed by atoms with Crippen LogP contribution in [0, 0.1) is 0 Å². The lowest BCUT2D eigenvalue weighted by molar-refractivity contribution is 0.00490. The lowest BCUT2D eigenvalue weighted by Gasteiger charge is -2.39. The van der Waals surface area contributed by atoms with E-state index < -0.39 is 23.0 Å². The van der Waals surface area contributed by atoms with Crippen LogP contribution in [-0.4, -0.2) is 85.5 Å². The van der Waals surface area contributed by atoms with Crippen molar-refractivity contribution >= 4 is 43.4 Å². The average molecular weight is 953 g/mol. The first-order chi connectivity index (χ1) is 35.0. The maximum absolute atomic E-state index is 13.0. The number of pyridine rings is 2. The minimum Gasteiger partial charge on any atom is -0.481 e. The molecule has 2 unspecified atom stereocenters. The monoisotopic (exact) mass is 952 g/mol. The lowest BCUT2D eigenvalue weighted by Crippen LogP contribution is -2.38. The summed E-state index contributed by atoms with van der Waals surface area (Å²) in [6, 6.07) is 69.8. The number of aliphatic hydroxyl groups is 2. The van der Waals surface area contributed by atoms with Gasteiger partial charge < -0.3 is 29.5 Å². The van der Waals surface area contributed by atoms with Crippen LogP contribution >= 0.6 is 0 Å². The number of nitrogens with zero attached hydrogens (tertiary/aromatic N) is 4. The van der Waals surface area contributed by atoms with Gasteiger partial charge in [-0.2, -0.15) is 0 Å². The Kier molecular flexibility index (Phi) is 15.1. The van der Waals surface area contributed by atoms with Gasteiger partial charge in [0.1, 0.15) is 11.2 Å². The van der Waals surface area contributed by atoms with Gasteiger partial charge in [0.25, 0.3) is 0 Å². The van der Waals surface area contributed by atoms with Gasteiger partial charge in [0.2, 0.25) is 11.8 Å². The molecule has 72 heavy (non-hydrogen) atoms. The number of benzene rings is 8. The van der Waals surface area contributed by atoms with Crippen molar-refractivity contribution in [3.63, 3.8) is 0 Å². The fourth-order valence-electron chi connectivity index (χ4n) is 10.5. The number of aromatic nitrogens is 2. The third-order valence-corrected chi connectivity index (χ3v) is 14.1. The van der Waals surface area contributed by atoms with Crippen molar-refractivity contribution in [3.05, 3.63) is 240 Å². The molecule has 0 spiro atoms. The zero-order valence-electron chi connectivity index (χ0n) is 42.1. The summed E-state index contributed by atoms with van der Waals surface area (Å²) in [6.45, 7) is 1.43. The van der Waals surface area contributed by atoms with Gasteiger partial charge in [-0.3, -0.25) is 0 Å². The van der Waals surface area contributed by atoms with Crippen LogP contribution in [0.4, 0.5) is 0 Å². The number of hydrogen-bond acceptors (Lipinski definition) is 8. The van der Waals surface area contributed by atoms with Gasteiger partial charge in [0.15, 0.2) is 0 Å².